The number of para-hydroxylation sites is 3. The van der Waals surface area contributed by atoms with Gasteiger partial charge in [0, 0.05) is 13.0 Å². The van der Waals surface area contributed by atoms with Gasteiger partial charge in [-0.25, -0.2) is 9.97 Å². The summed E-state index contributed by atoms with van der Waals surface area (Å²) in [7, 11) is 0. The maximum Gasteiger partial charge on any atom is 0.261 e. The quantitative estimate of drug-likeness (QED) is 0.321. The molecule has 0 bridgehead atoms. The van der Waals surface area contributed by atoms with Crippen LogP contribution in [-0.2, 0) is 11.3 Å². The number of amides is 1. The monoisotopic (exact) mass is 463 g/mol. The second kappa shape index (κ2) is 11.1. The first kappa shape index (κ1) is 23.0. The van der Waals surface area contributed by atoms with Crippen molar-refractivity contribution in [3.63, 3.8) is 0 Å². The number of aromatic nitrogens is 4. The molecule has 0 aliphatic carbocycles. The Balaban J connectivity index is 1.27. The zero-order chi connectivity index (χ0) is 23.0. The van der Waals surface area contributed by atoms with E-state index in [0.717, 1.165) is 53.8 Å². The van der Waals surface area contributed by atoms with E-state index in [1.807, 2.05) is 42.5 Å². The molecule has 7 nitrogen and oxygen atoms in total. The third-order valence-corrected chi connectivity index (χ3v) is 6.36. The number of imidazole rings is 1. The van der Waals surface area contributed by atoms with Crippen LogP contribution in [0.3, 0.4) is 0 Å². The zero-order valence-electron chi connectivity index (χ0n) is 18.8. The Morgan fingerprint density at radius 2 is 1.88 bits per heavy atom. The van der Waals surface area contributed by atoms with Crippen molar-refractivity contribution in [1.82, 2.24) is 24.8 Å². The molecule has 0 fully saturated rings. The molecule has 0 unspecified atom stereocenters. The lowest BCUT2D eigenvalue weighted by Gasteiger charge is -2.16. The van der Waals surface area contributed by atoms with Gasteiger partial charge < -0.3 is 10.3 Å². The molecular formula is C25H29N5O2S. The van der Waals surface area contributed by atoms with Gasteiger partial charge in [-0.15, -0.1) is 0 Å². The number of hydrogen-bond acceptors (Lipinski definition) is 5. The summed E-state index contributed by atoms with van der Waals surface area (Å²) in [6.45, 7) is 0.605. The number of fused-ring (bicyclic) bond motifs is 2. The molecule has 33 heavy (non-hydrogen) atoms. The van der Waals surface area contributed by atoms with Gasteiger partial charge in [0.2, 0.25) is 5.91 Å². The summed E-state index contributed by atoms with van der Waals surface area (Å²) in [4.78, 5) is 37.6. The third-order valence-electron chi connectivity index (χ3n) is 5.72. The lowest BCUT2D eigenvalue weighted by Crippen LogP contribution is -2.29. The van der Waals surface area contributed by atoms with Crippen molar-refractivity contribution in [2.24, 2.45) is 0 Å². The van der Waals surface area contributed by atoms with Crippen LogP contribution in [0.15, 0.2) is 59.7 Å². The number of hydrogen-bond donors (Lipinski definition) is 2. The molecule has 2 N–H and O–H groups in total. The summed E-state index contributed by atoms with van der Waals surface area (Å²) in [5.74, 6) is 1.78. The Morgan fingerprint density at radius 1 is 1.09 bits per heavy atom. The molecule has 172 valence electrons. The molecule has 8 heteroatoms. The van der Waals surface area contributed by atoms with E-state index in [9.17, 15) is 9.59 Å². The minimum absolute atomic E-state index is 0.0131. The molecular weight excluding hydrogens is 434 g/mol. The van der Waals surface area contributed by atoms with Crippen LogP contribution in [0.1, 0.15) is 44.0 Å². The van der Waals surface area contributed by atoms with Crippen molar-refractivity contribution in [3.8, 4) is 0 Å². The number of nitrogens with zero attached hydrogens (tertiary/aromatic N) is 3. The Bertz CT molecular complexity index is 1250. The predicted molar refractivity (Wildman–Crippen MR) is 134 cm³/mol. The zero-order valence-corrected chi connectivity index (χ0v) is 19.6. The second-order valence-electron chi connectivity index (χ2n) is 8.11. The predicted octanol–water partition coefficient (Wildman–Crippen LogP) is 4.44. The summed E-state index contributed by atoms with van der Waals surface area (Å²) in [6, 6.07) is 15.2. The van der Waals surface area contributed by atoms with Crippen molar-refractivity contribution in [1.29, 1.82) is 0 Å². The topological polar surface area (TPSA) is 92.7 Å². The van der Waals surface area contributed by atoms with E-state index in [2.05, 4.69) is 26.5 Å². The van der Waals surface area contributed by atoms with Crippen molar-refractivity contribution in [3.05, 3.63) is 71.0 Å². The summed E-state index contributed by atoms with van der Waals surface area (Å²) in [6.07, 6.45) is 7.43. The number of H-pyrrole nitrogens is 1. The SMILES string of the molecule is CSCC[C@@H](NC(=O)CCCCCn1cnc2ccccc2c1=O)c1nc2ccccc2[nH]1. The van der Waals surface area contributed by atoms with Crippen LogP contribution in [0, 0.1) is 0 Å². The molecule has 1 atom stereocenters. The van der Waals surface area contributed by atoms with Crippen LogP contribution in [0.25, 0.3) is 21.9 Å². The third kappa shape index (κ3) is 5.82. The highest BCUT2D eigenvalue weighted by atomic mass is 32.2. The molecule has 4 aromatic rings. The van der Waals surface area contributed by atoms with E-state index < -0.39 is 0 Å². The van der Waals surface area contributed by atoms with E-state index in [-0.39, 0.29) is 17.5 Å². The van der Waals surface area contributed by atoms with Gasteiger partial charge in [-0.05, 0) is 55.5 Å². The number of carbonyl (C=O) groups is 1. The number of aromatic amines is 1. The Hall–Kier alpha value is -3.13. The van der Waals surface area contributed by atoms with Crippen LogP contribution in [0.2, 0.25) is 0 Å². The molecule has 2 aromatic carbocycles. The van der Waals surface area contributed by atoms with Gasteiger partial charge in [0.05, 0.1) is 34.3 Å². The highest BCUT2D eigenvalue weighted by molar-refractivity contribution is 7.98. The van der Waals surface area contributed by atoms with Gasteiger partial charge >= 0.3 is 0 Å². The van der Waals surface area contributed by atoms with Gasteiger partial charge in [-0.1, -0.05) is 30.7 Å². The first-order valence-electron chi connectivity index (χ1n) is 11.3. The van der Waals surface area contributed by atoms with E-state index >= 15 is 0 Å². The molecule has 4 rings (SSSR count). The van der Waals surface area contributed by atoms with Crippen molar-refractivity contribution in [2.75, 3.05) is 12.0 Å². The van der Waals surface area contributed by atoms with Crippen molar-refractivity contribution >= 4 is 39.6 Å². The van der Waals surface area contributed by atoms with E-state index in [0.29, 0.717) is 18.4 Å². The van der Waals surface area contributed by atoms with Crippen molar-refractivity contribution < 1.29 is 4.79 Å². The van der Waals surface area contributed by atoms with E-state index in [1.165, 1.54) is 0 Å². The normalized spacial score (nSPS) is 12.3. The minimum Gasteiger partial charge on any atom is -0.346 e. The number of nitrogens with one attached hydrogen (secondary N) is 2. The molecule has 0 saturated heterocycles. The van der Waals surface area contributed by atoms with Crippen LogP contribution in [0.5, 0.6) is 0 Å². The number of unbranched alkanes of at least 4 members (excludes halogenated alkanes) is 2. The fourth-order valence-electron chi connectivity index (χ4n) is 3.93. The van der Waals surface area contributed by atoms with Gasteiger partial charge in [-0.3, -0.25) is 14.2 Å². The van der Waals surface area contributed by atoms with Gasteiger partial charge in [0.15, 0.2) is 0 Å². The Kier molecular flexibility index (Phi) is 7.78. The molecule has 0 saturated carbocycles. The average molecular weight is 464 g/mol. The largest absolute Gasteiger partial charge is 0.346 e. The highest BCUT2D eigenvalue weighted by Gasteiger charge is 2.18. The molecule has 0 spiro atoms. The molecule has 2 aromatic heterocycles. The van der Waals surface area contributed by atoms with Gasteiger partial charge in [0.1, 0.15) is 5.82 Å². The molecule has 0 radical (unpaired) electrons. The highest BCUT2D eigenvalue weighted by Crippen LogP contribution is 2.20. The lowest BCUT2D eigenvalue weighted by atomic mass is 10.1. The van der Waals surface area contributed by atoms with E-state index in [1.54, 1.807) is 28.7 Å². The second-order valence-corrected chi connectivity index (χ2v) is 9.10. The first-order valence-corrected chi connectivity index (χ1v) is 12.7. The smallest absolute Gasteiger partial charge is 0.261 e. The number of rotatable bonds is 11. The van der Waals surface area contributed by atoms with Crippen LogP contribution >= 0.6 is 11.8 Å². The van der Waals surface area contributed by atoms with Crippen LogP contribution < -0.4 is 10.9 Å². The summed E-state index contributed by atoms with van der Waals surface area (Å²) >= 11 is 1.76. The van der Waals surface area contributed by atoms with Gasteiger partial charge in [0.25, 0.3) is 5.56 Å². The molecule has 0 aliphatic rings. The summed E-state index contributed by atoms with van der Waals surface area (Å²) < 4.78 is 1.66. The number of thioether (sulfide) groups is 1. The van der Waals surface area contributed by atoms with Gasteiger partial charge in [-0.2, -0.15) is 11.8 Å². The maximum atomic E-state index is 12.6. The Morgan fingerprint density at radius 3 is 2.70 bits per heavy atom. The lowest BCUT2D eigenvalue weighted by molar-refractivity contribution is -0.122. The first-order chi connectivity index (χ1) is 16.2. The maximum absolute atomic E-state index is 12.6. The Labute approximate surface area is 197 Å². The summed E-state index contributed by atoms with van der Waals surface area (Å²) in [5, 5.41) is 3.80. The fraction of sp³-hybridized carbons (Fsp3) is 0.360. The van der Waals surface area contributed by atoms with Crippen LogP contribution in [-0.4, -0.2) is 37.4 Å². The van der Waals surface area contributed by atoms with E-state index in [4.69, 9.17) is 0 Å². The molecule has 1 amide bonds. The summed E-state index contributed by atoms with van der Waals surface area (Å²) in [5.41, 5.74) is 2.60. The fourth-order valence-corrected chi connectivity index (χ4v) is 4.40. The number of carbonyl (C=O) groups excluding carboxylic acids is 1. The minimum atomic E-state index is -0.125. The number of benzene rings is 2. The van der Waals surface area contributed by atoms with Crippen LogP contribution in [0.4, 0.5) is 0 Å². The van der Waals surface area contributed by atoms with Crippen molar-refractivity contribution in [2.45, 2.75) is 44.7 Å². The number of aryl methyl sites for hydroxylation is 1. The average Bonchev–Trinajstić information content (AvgIpc) is 3.27. The molecule has 2 heterocycles. The standard InChI is InChI=1S/C25H29N5O2S/c1-33-16-14-22(24-28-20-11-6-7-12-21(20)29-24)27-23(31)13-3-2-8-15-30-17-26-19-10-5-4-9-18(19)25(30)32/h4-7,9-12,17,22H,2-3,8,13-16H2,1H3,(H,27,31)(H,28,29)/t22-/m1/s1. The molecule has 0 aliphatic heterocycles.